The first-order valence-electron chi connectivity index (χ1n) is 6.56. The van der Waals surface area contributed by atoms with Crippen LogP contribution in [0.5, 0.6) is 0 Å². The summed E-state index contributed by atoms with van der Waals surface area (Å²) >= 11 is 0. The summed E-state index contributed by atoms with van der Waals surface area (Å²) in [6, 6.07) is 8.32. The summed E-state index contributed by atoms with van der Waals surface area (Å²) in [5, 5.41) is 3.39. The van der Waals surface area contributed by atoms with E-state index in [2.05, 4.69) is 67.1 Å². The predicted octanol–water partition coefficient (Wildman–Crippen LogP) is 3.19. The highest BCUT2D eigenvalue weighted by molar-refractivity contribution is 5.81. The van der Waals surface area contributed by atoms with Crippen LogP contribution < -0.4 is 10.6 Å². The summed E-state index contributed by atoms with van der Waals surface area (Å²) in [6.45, 7) is 6.25. The molecule has 0 bridgehead atoms. The number of aromatic amines is 1. The van der Waals surface area contributed by atoms with Gasteiger partial charge < -0.3 is 4.98 Å². The van der Waals surface area contributed by atoms with Crippen molar-refractivity contribution >= 4 is 23.6 Å². The van der Waals surface area contributed by atoms with Gasteiger partial charge in [-0.1, -0.05) is 55.2 Å². The van der Waals surface area contributed by atoms with E-state index in [0.717, 1.165) is 17.3 Å². The smallest absolute Gasteiger partial charge is 0.0464 e. The molecule has 0 amide bonds. The van der Waals surface area contributed by atoms with Gasteiger partial charge in [0.25, 0.3) is 0 Å². The lowest BCUT2D eigenvalue weighted by Gasteiger charge is -1.98. The van der Waals surface area contributed by atoms with Gasteiger partial charge in [0, 0.05) is 21.5 Å². The lowest BCUT2D eigenvalue weighted by molar-refractivity contribution is 1.24. The Kier molecular flexibility index (Phi) is 2.96. The zero-order valence-corrected chi connectivity index (χ0v) is 11.1. The molecule has 0 unspecified atom stereocenters. The molecular weight excluding hydrogens is 230 g/mol. The molecule has 0 saturated heterocycles. The van der Waals surface area contributed by atoms with E-state index in [1.54, 1.807) is 0 Å². The van der Waals surface area contributed by atoms with E-state index < -0.39 is 0 Å². The molecule has 1 aliphatic rings. The molecule has 1 heterocycles. The number of H-pyrrole nitrogens is 1. The van der Waals surface area contributed by atoms with Crippen molar-refractivity contribution in [3.63, 3.8) is 0 Å². The third-order valence-electron chi connectivity index (χ3n) is 3.61. The Labute approximate surface area is 113 Å². The van der Waals surface area contributed by atoms with E-state index in [0.29, 0.717) is 0 Å². The molecule has 1 aromatic heterocycles. The Morgan fingerprint density at radius 3 is 2.95 bits per heavy atom. The van der Waals surface area contributed by atoms with Crippen molar-refractivity contribution in [1.82, 2.24) is 4.98 Å². The standard InChI is InChI=1S/C18H17N/c1-13(15-7-3-4-8-15)11-12-16-14(2)19-18-10-6-5-9-17(16)18/h3-7,9-12,19H,2,8H2,1H3. The fourth-order valence-electron chi connectivity index (χ4n) is 2.46. The fraction of sp³-hybridized carbons (Fsp3) is 0.111. The summed E-state index contributed by atoms with van der Waals surface area (Å²) in [6.07, 6.45) is 11.9. The summed E-state index contributed by atoms with van der Waals surface area (Å²) < 4.78 is 0. The van der Waals surface area contributed by atoms with Crippen LogP contribution in [-0.2, 0) is 0 Å². The maximum absolute atomic E-state index is 4.09. The minimum absolute atomic E-state index is 0.976. The zero-order chi connectivity index (χ0) is 13.2. The van der Waals surface area contributed by atoms with E-state index in [4.69, 9.17) is 0 Å². The van der Waals surface area contributed by atoms with E-state index in [9.17, 15) is 0 Å². The molecule has 1 nitrogen and oxygen atoms in total. The number of para-hydroxylation sites is 1. The van der Waals surface area contributed by atoms with Gasteiger partial charge in [0.15, 0.2) is 0 Å². The molecule has 0 fully saturated rings. The number of fused-ring (bicyclic) bond motifs is 1. The highest BCUT2D eigenvalue weighted by Crippen LogP contribution is 2.18. The monoisotopic (exact) mass is 247 g/mol. The molecule has 19 heavy (non-hydrogen) atoms. The van der Waals surface area contributed by atoms with Gasteiger partial charge in [-0.15, -0.1) is 0 Å². The summed E-state index contributed by atoms with van der Waals surface area (Å²) in [7, 11) is 0. The van der Waals surface area contributed by atoms with Crippen LogP contribution in [0.3, 0.4) is 0 Å². The van der Waals surface area contributed by atoms with E-state index in [1.807, 2.05) is 6.07 Å². The second-order valence-corrected chi connectivity index (χ2v) is 4.90. The Hall–Kier alpha value is -2.28. The van der Waals surface area contributed by atoms with Gasteiger partial charge in [-0.3, -0.25) is 0 Å². The number of nitrogens with one attached hydrogen (secondary N) is 1. The van der Waals surface area contributed by atoms with Gasteiger partial charge >= 0.3 is 0 Å². The number of hydrogen-bond donors (Lipinski definition) is 1. The van der Waals surface area contributed by atoms with E-state index in [-0.39, 0.29) is 0 Å². The van der Waals surface area contributed by atoms with Crippen molar-refractivity contribution in [3.8, 4) is 0 Å². The van der Waals surface area contributed by atoms with Crippen molar-refractivity contribution in [2.45, 2.75) is 13.3 Å². The maximum atomic E-state index is 4.09. The van der Waals surface area contributed by atoms with Crippen molar-refractivity contribution in [1.29, 1.82) is 0 Å². The summed E-state index contributed by atoms with van der Waals surface area (Å²) in [5.41, 5.74) is 3.85. The number of allylic oxidation sites excluding steroid dienone is 6. The summed E-state index contributed by atoms with van der Waals surface area (Å²) in [5.74, 6) is 0. The Morgan fingerprint density at radius 1 is 1.32 bits per heavy atom. The largest absolute Gasteiger partial charge is 0.355 e. The minimum Gasteiger partial charge on any atom is -0.355 e. The van der Waals surface area contributed by atoms with Crippen molar-refractivity contribution in [2.24, 2.45) is 0 Å². The quantitative estimate of drug-likeness (QED) is 0.839. The van der Waals surface area contributed by atoms with Crippen molar-refractivity contribution in [2.75, 3.05) is 0 Å². The molecule has 1 heteroatoms. The van der Waals surface area contributed by atoms with Crippen LogP contribution in [-0.4, -0.2) is 4.98 Å². The second-order valence-electron chi connectivity index (χ2n) is 4.90. The number of rotatable bonds is 2. The molecule has 0 saturated carbocycles. The van der Waals surface area contributed by atoms with Gasteiger partial charge in [0.05, 0.1) is 0 Å². The molecular formula is C18H17N. The van der Waals surface area contributed by atoms with Crippen molar-refractivity contribution < 1.29 is 0 Å². The highest BCUT2D eigenvalue weighted by Gasteiger charge is 2.01. The fourth-order valence-corrected chi connectivity index (χ4v) is 2.46. The Morgan fingerprint density at radius 2 is 2.16 bits per heavy atom. The van der Waals surface area contributed by atoms with Crippen LogP contribution in [0.2, 0.25) is 0 Å². The minimum atomic E-state index is 0.976. The van der Waals surface area contributed by atoms with Crippen LogP contribution in [0.25, 0.3) is 23.6 Å². The lowest BCUT2D eigenvalue weighted by Crippen LogP contribution is -2.20. The highest BCUT2D eigenvalue weighted by atomic mass is 14.7. The average Bonchev–Trinajstić information content (AvgIpc) is 3.03. The summed E-state index contributed by atoms with van der Waals surface area (Å²) in [4.78, 5) is 3.32. The second kappa shape index (κ2) is 4.77. The lowest BCUT2D eigenvalue weighted by atomic mass is 10.1. The van der Waals surface area contributed by atoms with Crippen molar-refractivity contribution in [3.05, 3.63) is 70.3 Å². The zero-order valence-electron chi connectivity index (χ0n) is 11.1. The third kappa shape index (κ3) is 2.19. The van der Waals surface area contributed by atoms with Gasteiger partial charge in [-0.05, 0) is 30.6 Å². The third-order valence-corrected chi connectivity index (χ3v) is 3.61. The van der Waals surface area contributed by atoms with Crippen LogP contribution in [0.4, 0.5) is 0 Å². The van der Waals surface area contributed by atoms with E-state index in [1.165, 1.54) is 21.8 Å². The maximum Gasteiger partial charge on any atom is 0.0464 e. The first-order valence-corrected chi connectivity index (χ1v) is 6.56. The van der Waals surface area contributed by atoms with Gasteiger partial charge in [-0.25, -0.2) is 0 Å². The molecule has 1 N–H and O–H groups in total. The van der Waals surface area contributed by atoms with Crippen LogP contribution in [0.15, 0.2) is 59.7 Å². The van der Waals surface area contributed by atoms with E-state index >= 15 is 0 Å². The predicted molar refractivity (Wildman–Crippen MR) is 83.1 cm³/mol. The Balaban J connectivity index is 2.09. The van der Waals surface area contributed by atoms with Gasteiger partial charge in [0.2, 0.25) is 0 Å². The topological polar surface area (TPSA) is 15.8 Å². The number of benzene rings is 1. The van der Waals surface area contributed by atoms with Crippen LogP contribution in [0, 0.1) is 0 Å². The first kappa shape index (κ1) is 11.8. The molecule has 0 atom stereocenters. The van der Waals surface area contributed by atoms with Gasteiger partial charge in [0.1, 0.15) is 0 Å². The molecule has 0 spiro atoms. The van der Waals surface area contributed by atoms with Crippen LogP contribution in [0.1, 0.15) is 13.3 Å². The normalized spacial score (nSPS) is 16.4. The SMILES string of the molecule is C=c1[nH]c2ccccc2c1=CC=C(C)C1=CC=CC1. The van der Waals surface area contributed by atoms with Gasteiger partial charge in [-0.2, -0.15) is 0 Å². The molecule has 3 rings (SSSR count). The molecule has 0 aliphatic heterocycles. The first-order chi connectivity index (χ1) is 9.25. The molecule has 0 radical (unpaired) electrons. The Bertz CT molecular complexity index is 813. The number of hydrogen-bond acceptors (Lipinski definition) is 0. The average molecular weight is 247 g/mol. The molecule has 2 aromatic rings. The van der Waals surface area contributed by atoms with Crippen LogP contribution >= 0.6 is 0 Å². The molecule has 1 aliphatic carbocycles. The number of aromatic nitrogens is 1. The molecule has 94 valence electrons. The molecule has 1 aromatic carbocycles.